The molecule has 0 unspecified atom stereocenters. The van der Waals surface area contributed by atoms with Crippen LogP contribution in [0, 0.1) is 16.2 Å². The van der Waals surface area contributed by atoms with Crippen molar-refractivity contribution in [3.05, 3.63) is 52.3 Å². The van der Waals surface area contributed by atoms with Gasteiger partial charge < -0.3 is 18.3 Å². The van der Waals surface area contributed by atoms with Gasteiger partial charge in [-0.05, 0) is 41.8 Å². The number of hydrogen-bond donors (Lipinski definition) is 0. The Hall–Kier alpha value is -2.79. The van der Waals surface area contributed by atoms with Crippen molar-refractivity contribution >= 4 is 33.5 Å². The zero-order valence-electron chi connectivity index (χ0n) is 27.5. The maximum Gasteiger partial charge on any atom is 0.314 e. The van der Waals surface area contributed by atoms with Gasteiger partial charge in [-0.1, -0.05) is 53.7 Å². The molecule has 0 bridgehead atoms. The van der Waals surface area contributed by atoms with Crippen LogP contribution in [0.15, 0.2) is 30.6 Å². The van der Waals surface area contributed by atoms with E-state index in [0.29, 0.717) is 25.0 Å². The van der Waals surface area contributed by atoms with Gasteiger partial charge in [0.15, 0.2) is 27.8 Å². The second kappa shape index (κ2) is 12.5. The molecular weight excluding hydrogens is 602 g/mol. The van der Waals surface area contributed by atoms with Crippen LogP contribution in [0.1, 0.15) is 59.8 Å². The first-order valence-corrected chi connectivity index (χ1v) is 20.8. The highest BCUT2D eigenvalue weighted by Crippen LogP contribution is 2.43. The Bertz CT molecular complexity index is 1470. The lowest BCUT2D eigenvalue weighted by Gasteiger charge is -2.40. The number of non-ortho nitro benzene ring substituents is 1. The van der Waals surface area contributed by atoms with Gasteiger partial charge >= 0.3 is 6.08 Å². The summed E-state index contributed by atoms with van der Waals surface area (Å²) in [5, 5.41) is 11.0. The molecule has 0 saturated carbocycles. The summed E-state index contributed by atoms with van der Waals surface area (Å²) in [5.74, 6) is 0.0260. The molecule has 0 radical (unpaired) electrons. The fraction of sp³-hybridized carbons (Fsp3) is 0.633. The molecule has 44 heavy (non-hydrogen) atoms. The minimum Gasteiger partial charge on any atom is -0.476 e. The van der Waals surface area contributed by atoms with E-state index in [4.69, 9.17) is 18.3 Å². The summed E-state index contributed by atoms with van der Waals surface area (Å²) in [6.45, 7) is 22.7. The second-order valence-electron chi connectivity index (χ2n) is 14.5. The van der Waals surface area contributed by atoms with Gasteiger partial charge in [-0.3, -0.25) is 14.7 Å². The summed E-state index contributed by atoms with van der Waals surface area (Å²) in [6, 6.07) is 6.20. The van der Waals surface area contributed by atoms with Gasteiger partial charge in [0, 0.05) is 25.0 Å². The maximum atomic E-state index is 14.7. The Morgan fingerprint density at radius 1 is 1.05 bits per heavy atom. The molecule has 3 aromatic rings. The number of ether oxygens (including phenoxy) is 2. The van der Waals surface area contributed by atoms with Crippen LogP contribution in [0.5, 0.6) is 5.88 Å². The minimum absolute atomic E-state index is 0.00862. The standard InChI is InChI=1S/C30H46FN5O6Si2/c1-29(2,3)43(7,8)40-18-23-22(42-44(9,10)30(4,5)6)17-24(41-23)35-19-32-25-26(35)33-28(31)34-27(25)39-16-15-20-11-13-21(14-12-20)36(37)38/h11-14,19,22-24H,15-18H2,1-10H3/t22-,23+,24+/m0/s1. The molecular formula is C30H46FN5O6Si2. The quantitative estimate of drug-likeness (QED) is 0.0920. The molecule has 242 valence electrons. The lowest BCUT2D eigenvalue weighted by Crippen LogP contribution is -2.48. The summed E-state index contributed by atoms with van der Waals surface area (Å²) in [5.41, 5.74) is 1.44. The average Bonchev–Trinajstić information content (AvgIpc) is 3.50. The van der Waals surface area contributed by atoms with Crippen molar-refractivity contribution in [1.82, 2.24) is 19.5 Å². The number of imidazole rings is 1. The lowest BCUT2D eigenvalue weighted by molar-refractivity contribution is -0.384. The first-order valence-electron chi connectivity index (χ1n) is 15.0. The molecule has 1 fully saturated rings. The smallest absolute Gasteiger partial charge is 0.314 e. The Labute approximate surface area is 260 Å². The Balaban J connectivity index is 1.55. The molecule has 1 aliphatic heterocycles. The SMILES string of the molecule is CC(C)(C)[Si](C)(C)OC[C@H]1O[C@@H](n2cnc3c(OCCc4ccc([N+](=O)[O-])cc4)nc(F)nc32)C[C@@H]1O[Si](C)(C)C(C)(C)C. The van der Waals surface area contributed by atoms with E-state index in [-0.39, 0.29) is 46.1 Å². The second-order valence-corrected chi connectivity index (χ2v) is 24.1. The Morgan fingerprint density at radius 3 is 2.27 bits per heavy atom. The first-order chi connectivity index (χ1) is 20.3. The highest BCUT2D eigenvalue weighted by atomic mass is 28.4. The van der Waals surface area contributed by atoms with Crippen molar-refractivity contribution in [3.63, 3.8) is 0 Å². The van der Waals surface area contributed by atoms with Crippen molar-refractivity contribution in [2.75, 3.05) is 13.2 Å². The summed E-state index contributed by atoms with van der Waals surface area (Å²) in [7, 11) is -4.20. The van der Waals surface area contributed by atoms with Crippen LogP contribution in [0.4, 0.5) is 10.1 Å². The number of fused-ring (bicyclic) bond motifs is 1. The van der Waals surface area contributed by atoms with Gasteiger partial charge in [-0.25, -0.2) is 4.98 Å². The monoisotopic (exact) mass is 647 g/mol. The van der Waals surface area contributed by atoms with Crippen LogP contribution >= 0.6 is 0 Å². The molecule has 4 rings (SSSR count). The van der Waals surface area contributed by atoms with E-state index in [2.05, 4.69) is 82.7 Å². The number of aromatic nitrogens is 4. The van der Waals surface area contributed by atoms with Crippen LogP contribution < -0.4 is 4.74 Å². The molecule has 3 heterocycles. The van der Waals surface area contributed by atoms with Gasteiger partial charge in [0.05, 0.1) is 30.6 Å². The summed E-state index contributed by atoms with van der Waals surface area (Å²) < 4.78 is 42.3. The average molecular weight is 648 g/mol. The lowest BCUT2D eigenvalue weighted by atomic mass is 10.1. The van der Waals surface area contributed by atoms with E-state index in [9.17, 15) is 14.5 Å². The van der Waals surface area contributed by atoms with E-state index in [0.717, 1.165) is 5.56 Å². The summed E-state index contributed by atoms with van der Waals surface area (Å²) >= 11 is 0. The summed E-state index contributed by atoms with van der Waals surface area (Å²) in [6.07, 6.45) is 0.593. The number of nitrogens with zero attached hydrogens (tertiary/aromatic N) is 5. The number of halogens is 1. The van der Waals surface area contributed by atoms with E-state index in [1.807, 2.05) is 0 Å². The zero-order valence-corrected chi connectivity index (χ0v) is 29.5. The van der Waals surface area contributed by atoms with Crippen molar-refractivity contribution in [2.24, 2.45) is 0 Å². The van der Waals surface area contributed by atoms with Crippen LogP contribution in [0.3, 0.4) is 0 Å². The maximum absolute atomic E-state index is 14.7. The summed E-state index contributed by atoms with van der Waals surface area (Å²) in [4.78, 5) is 22.9. The van der Waals surface area contributed by atoms with Gasteiger partial charge in [-0.2, -0.15) is 14.4 Å². The van der Waals surface area contributed by atoms with E-state index in [1.165, 1.54) is 12.1 Å². The van der Waals surface area contributed by atoms with Crippen molar-refractivity contribution < 1.29 is 27.6 Å². The molecule has 0 spiro atoms. The third-order valence-electron chi connectivity index (χ3n) is 9.30. The van der Waals surface area contributed by atoms with Gasteiger partial charge in [-0.15, -0.1) is 0 Å². The van der Waals surface area contributed by atoms with Gasteiger partial charge in [0.1, 0.15) is 12.3 Å². The Kier molecular flexibility index (Phi) is 9.72. The molecule has 14 heteroatoms. The number of nitro benzene ring substituents is 1. The molecule has 0 aliphatic carbocycles. The third-order valence-corrected chi connectivity index (χ3v) is 18.3. The third kappa shape index (κ3) is 7.53. The van der Waals surface area contributed by atoms with Gasteiger partial charge in [0.2, 0.25) is 5.88 Å². The number of rotatable bonds is 11. The first kappa shape index (κ1) is 34.1. The number of benzene rings is 1. The molecule has 1 aliphatic rings. The highest BCUT2D eigenvalue weighted by molar-refractivity contribution is 6.74. The van der Waals surface area contributed by atoms with E-state index in [1.54, 1.807) is 23.0 Å². The fourth-order valence-corrected chi connectivity index (χ4v) is 6.81. The predicted octanol–water partition coefficient (Wildman–Crippen LogP) is 7.19. The van der Waals surface area contributed by atoms with Crippen LogP contribution in [-0.4, -0.2) is 66.5 Å². The van der Waals surface area contributed by atoms with Crippen molar-refractivity contribution in [2.45, 2.75) is 109 Å². The zero-order chi connectivity index (χ0) is 32.7. The van der Waals surface area contributed by atoms with Crippen LogP contribution in [-0.2, 0) is 20.0 Å². The molecule has 2 aromatic heterocycles. The topological polar surface area (TPSA) is 124 Å². The molecule has 11 nitrogen and oxygen atoms in total. The Morgan fingerprint density at radius 2 is 1.68 bits per heavy atom. The fourth-order valence-electron chi connectivity index (χ4n) is 4.43. The van der Waals surface area contributed by atoms with Gasteiger partial charge in [0.25, 0.3) is 5.69 Å². The van der Waals surface area contributed by atoms with Crippen LogP contribution in [0.2, 0.25) is 36.3 Å². The minimum atomic E-state index is -2.15. The normalized spacial score (nSPS) is 19.9. The van der Waals surface area contributed by atoms with Crippen molar-refractivity contribution in [1.29, 1.82) is 0 Å². The number of nitro groups is 1. The van der Waals surface area contributed by atoms with E-state index >= 15 is 0 Å². The number of hydrogen-bond acceptors (Lipinski definition) is 9. The molecule has 1 aromatic carbocycles. The van der Waals surface area contributed by atoms with E-state index < -0.39 is 33.9 Å². The largest absolute Gasteiger partial charge is 0.476 e. The molecule has 0 amide bonds. The molecule has 0 N–H and O–H groups in total. The molecule has 1 saturated heterocycles. The van der Waals surface area contributed by atoms with Crippen molar-refractivity contribution in [3.8, 4) is 5.88 Å². The van der Waals surface area contributed by atoms with Crippen LogP contribution in [0.25, 0.3) is 11.2 Å². The predicted molar refractivity (Wildman–Crippen MR) is 171 cm³/mol. The molecule has 3 atom stereocenters. The highest BCUT2D eigenvalue weighted by Gasteiger charge is 2.47.